The Balaban J connectivity index is 2.20. The van der Waals surface area contributed by atoms with Crippen LogP contribution in [-0.4, -0.2) is 22.9 Å². The summed E-state index contributed by atoms with van der Waals surface area (Å²) in [6.45, 7) is 2.58. The van der Waals surface area contributed by atoms with E-state index in [9.17, 15) is 0 Å². The Hall–Kier alpha value is -1.58. The van der Waals surface area contributed by atoms with Crippen molar-refractivity contribution in [2.24, 2.45) is 4.99 Å². The van der Waals surface area contributed by atoms with E-state index in [1.165, 1.54) is 0 Å². The number of aromatic nitrogens is 2. The van der Waals surface area contributed by atoms with E-state index in [1.54, 1.807) is 6.21 Å². The van der Waals surface area contributed by atoms with Crippen molar-refractivity contribution in [1.29, 1.82) is 0 Å². The molecule has 1 aromatic heterocycles. The molecule has 0 radical (unpaired) electrons. The van der Waals surface area contributed by atoms with E-state index in [2.05, 4.69) is 15.0 Å². The lowest BCUT2D eigenvalue weighted by Gasteiger charge is -2.16. The molecule has 0 saturated heterocycles. The minimum absolute atomic E-state index is 0.654. The van der Waals surface area contributed by atoms with E-state index >= 15 is 0 Å². The number of hydrogen-bond acceptors (Lipinski definition) is 3. The Morgan fingerprint density at radius 1 is 1.58 bits per heavy atom. The van der Waals surface area contributed by atoms with Crippen molar-refractivity contribution in [2.75, 3.05) is 11.6 Å². The molecule has 0 bridgehead atoms. The van der Waals surface area contributed by atoms with Crippen LogP contribution in [0.2, 0.25) is 0 Å². The quantitative estimate of drug-likeness (QED) is 0.671. The molecule has 1 N–H and O–H groups in total. The molecule has 2 rings (SSSR count). The molecule has 1 aliphatic heterocycles. The highest BCUT2D eigenvalue weighted by molar-refractivity contribution is 5.73. The molecule has 4 nitrogen and oxygen atoms in total. The van der Waals surface area contributed by atoms with Crippen LogP contribution in [0.25, 0.3) is 0 Å². The first-order valence-electron chi connectivity index (χ1n) is 3.81. The summed E-state index contributed by atoms with van der Waals surface area (Å²) in [7, 11) is 0. The largest absolute Gasteiger partial charge is 0.347 e. The Morgan fingerprint density at radius 2 is 2.50 bits per heavy atom. The van der Waals surface area contributed by atoms with Crippen molar-refractivity contribution in [3.63, 3.8) is 0 Å². The molecule has 1 aromatic rings. The van der Waals surface area contributed by atoms with Gasteiger partial charge in [0.05, 0.1) is 0 Å². The third-order valence-corrected chi connectivity index (χ3v) is 1.68. The van der Waals surface area contributed by atoms with Crippen LogP contribution in [-0.2, 0) is 0 Å². The van der Waals surface area contributed by atoms with Gasteiger partial charge in [0.2, 0.25) is 0 Å². The van der Waals surface area contributed by atoms with Crippen LogP contribution in [0, 0.1) is 6.92 Å². The Bertz CT molecular complexity index is 324. The lowest BCUT2D eigenvalue weighted by Crippen LogP contribution is -2.18. The highest BCUT2D eigenvalue weighted by atomic mass is 15.3. The van der Waals surface area contributed by atoms with E-state index < -0.39 is 0 Å². The molecule has 0 aromatic carbocycles. The van der Waals surface area contributed by atoms with Crippen molar-refractivity contribution in [3.05, 3.63) is 24.3 Å². The average molecular weight is 162 g/mol. The molecule has 0 spiro atoms. The van der Waals surface area contributed by atoms with E-state index in [4.69, 9.17) is 0 Å². The smallest absolute Gasteiger partial charge is 0.152 e. The lowest BCUT2D eigenvalue weighted by atomic mass is 10.5. The summed E-state index contributed by atoms with van der Waals surface area (Å²) in [5.41, 5.74) is 0. The summed E-state index contributed by atoms with van der Waals surface area (Å²) in [5, 5.41) is 0. The third-order valence-electron chi connectivity index (χ3n) is 1.68. The molecular weight excluding hydrogens is 152 g/mol. The minimum atomic E-state index is 0.654. The van der Waals surface area contributed by atoms with Crippen molar-refractivity contribution >= 4 is 12.0 Å². The summed E-state index contributed by atoms with van der Waals surface area (Å²) in [6, 6.07) is 0. The normalized spacial score (nSPS) is 15.6. The maximum atomic E-state index is 4.28. The Labute approximate surface area is 70.6 Å². The van der Waals surface area contributed by atoms with Gasteiger partial charge in [0.1, 0.15) is 12.5 Å². The summed E-state index contributed by atoms with van der Waals surface area (Å²) in [5.74, 6) is 1.84. The predicted molar refractivity (Wildman–Crippen MR) is 48.3 cm³/mol. The summed E-state index contributed by atoms with van der Waals surface area (Å²) in [4.78, 5) is 13.4. The minimum Gasteiger partial charge on any atom is -0.347 e. The average Bonchev–Trinajstić information content (AvgIpc) is 2.54. The number of nitrogens with zero attached hydrogens (tertiary/aromatic N) is 3. The van der Waals surface area contributed by atoms with E-state index in [0.29, 0.717) is 6.67 Å². The van der Waals surface area contributed by atoms with Crippen LogP contribution in [0.1, 0.15) is 5.82 Å². The standard InChI is InChI=1S/C8H10N4/c1-7-10-5-8(11-7)12-4-2-3-9-6-12/h2-5H,6H2,1H3,(H,10,11). The first-order valence-corrected chi connectivity index (χ1v) is 3.81. The highest BCUT2D eigenvalue weighted by Gasteiger charge is 2.05. The third kappa shape index (κ3) is 1.23. The molecule has 0 amide bonds. The van der Waals surface area contributed by atoms with Gasteiger partial charge in [-0.25, -0.2) is 4.98 Å². The molecule has 0 unspecified atom stereocenters. The van der Waals surface area contributed by atoms with Gasteiger partial charge in [-0.3, -0.25) is 4.99 Å². The number of aliphatic imine (C=N–C) groups is 1. The summed E-state index contributed by atoms with van der Waals surface area (Å²) < 4.78 is 0. The number of aromatic amines is 1. The lowest BCUT2D eigenvalue weighted by molar-refractivity contribution is 0.947. The molecule has 62 valence electrons. The summed E-state index contributed by atoms with van der Waals surface area (Å²) in [6.07, 6.45) is 7.52. The van der Waals surface area contributed by atoms with E-state index in [-0.39, 0.29) is 0 Å². The number of imidazole rings is 1. The Morgan fingerprint density at radius 3 is 3.08 bits per heavy atom. The van der Waals surface area contributed by atoms with Crippen LogP contribution in [0.5, 0.6) is 0 Å². The monoisotopic (exact) mass is 162 g/mol. The zero-order valence-corrected chi connectivity index (χ0v) is 6.86. The number of anilines is 1. The van der Waals surface area contributed by atoms with Crippen molar-refractivity contribution in [1.82, 2.24) is 9.97 Å². The molecule has 0 saturated carbocycles. The zero-order valence-electron chi connectivity index (χ0n) is 6.86. The first-order chi connectivity index (χ1) is 5.86. The summed E-state index contributed by atoms with van der Waals surface area (Å²) >= 11 is 0. The van der Waals surface area contributed by atoms with Gasteiger partial charge < -0.3 is 9.88 Å². The molecule has 1 aliphatic rings. The fraction of sp³-hybridized carbons (Fsp3) is 0.250. The number of allylic oxidation sites excluding steroid dienone is 1. The second-order valence-electron chi connectivity index (χ2n) is 2.63. The number of nitrogens with one attached hydrogen (secondary N) is 1. The van der Waals surface area contributed by atoms with Crippen molar-refractivity contribution in [3.8, 4) is 0 Å². The number of H-pyrrole nitrogens is 1. The Kier molecular flexibility index (Phi) is 1.66. The number of rotatable bonds is 1. The maximum Gasteiger partial charge on any atom is 0.152 e. The molecule has 2 heterocycles. The van der Waals surface area contributed by atoms with Crippen molar-refractivity contribution in [2.45, 2.75) is 6.92 Å². The molecule has 4 heteroatoms. The van der Waals surface area contributed by atoms with Gasteiger partial charge >= 0.3 is 0 Å². The fourth-order valence-corrected chi connectivity index (χ4v) is 1.09. The van der Waals surface area contributed by atoms with Gasteiger partial charge in [-0.2, -0.15) is 0 Å². The van der Waals surface area contributed by atoms with Crippen molar-refractivity contribution < 1.29 is 0 Å². The number of hydrogen-bond donors (Lipinski definition) is 1. The molecule has 0 atom stereocenters. The van der Waals surface area contributed by atoms with Crippen LogP contribution >= 0.6 is 0 Å². The molecule has 0 aliphatic carbocycles. The maximum absolute atomic E-state index is 4.28. The molecular formula is C8H10N4. The molecule has 0 fully saturated rings. The van der Waals surface area contributed by atoms with Gasteiger partial charge in [0, 0.05) is 18.6 Å². The highest BCUT2D eigenvalue weighted by Crippen LogP contribution is 2.11. The zero-order chi connectivity index (χ0) is 8.39. The van der Waals surface area contributed by atoms with Gasteiger partial charge in [-0.1, -0.05) is 0 Å². The van der Waals surface area contributed by atoms with Gasteiger partial charge in [-0.15, -0.1) is 0 Å². The van der Waals surface area contributed by atoms with Gasteiger partial charge in [0.25, 0.3) is 0 Å². The SMILES string of the molecule is Cc1nc(N2C=CC=NC2)c[nH]1. The van der Waals surface area contributed by atoms with Crippen LogP contribution in [0.4, 0.5) is 5.82 Å². The van der Waals surface area contributed by atoms with Crippen LogP contribution < -0.4 is 4.90 Å². The van der Waals surface area contributed by atoms with E-state index in [0.717, 1.165) is 11.6 Å². The second kappa shape index (κ2) is 2.81. The predicted octanol–water partition coefficient (Wildman–Crippen LogP) is 1.08. The van der Waals surface area contributed by atoms with Crippen LogP contribution in [0.3, 0.4) is 0 Å². The molecule has 12 heavy (non-hydrogen) atoms. The second-order valence-corrected chi connectivity index (χ2v) is 2.63. The van der Waals surface area contributed by atoms with E-state index in [1.807, 2.05) is 30.3 Å². The van der Waals surface area contributed by atoms with Gasteiger partial charge in [-0.05, 0) is 13.0 Å². The van der Waals surface area contributed by atoms with Crippen LogP contribution in [0.15, 0.2) is 23.5 Å². The fourth-order valence-electron chi connectivity index (χ4n) is 1.09. The topological polar surface area (TPSA) is 44.3 Å². The van der Waals surface area contributed by atoms with Gasteiger partial charge in [0.15, 0.2) is 5.82 Å². The first kappa shape index (κ1) is 7.09. The number of aryl methyl sites for hydroxylation is 1.